The molecule has 0 spiro atoms. The first kappa shape index (κ1) is 19.3. The molecule has 136 valence electrons. The molecule has 1 heterocycles. The summed E-state index contributed by atoms with van der Waals surface area (Å²) < 4.78 is 5.15. The number of urea groups is 1. The van der Waals surface area contributed by atoms with Gasteiger partial charge in [0.05, 0.1) is 18.2 Å². The first-order chi connectivity index (χ1) is 12.0. The fourth-order valence-corrected chi connectivity index (χ4v) is 2.95. The fraction of sp³-hybridized carbons (Fsp3) is 0.444. The molecular formula is C18H24ClN3O3. The van der Waals surface area contributed by atoms with E-state index in [2.05, 4.69) is 16.0 Å². The first-order valence-electron chi connectivity index (χ1n) is 8.42. The minimum atomic E-state index is -0.408. The van der Waals surface area contributed by atoms with E-state index in [9.17, 15) is 9.59 Å². The van der Waals surface area contributed by atoms with E-state index in [1.54, 1.807) is 6.92 Å². The molecule has 0 bridgehead atoms. The number of carbonyl (C=O) groups is 2. The minimum Gasteiger partial charge on any atom is -0.463 e. The van der Waals surface area contributed by atoms with Crippen LogP contribution in [0.3, 0.4) is 0 Å². The van der Waals surface area contributed by atoms with Crippen molar-refractivity contribution >= 4 is 23.6 Å². The van der Waals surface area contributed by atoms with Gasteiger partial charge in [0.15, 0.2) is 0 Å². The minimum absolute atomic E-state index is 0.00140. The summed E-state index contributed by atoms with van der Waals surface area (Å²) in [5.74, 6) is -0.408. The molecule has 7 heteroatoms. The summed E-state index contributed by atoms with van der Waals surface area (Å²) in [5.41, 5.74) is 2.04. The summed E-state index contributed by atoms with van der Waals surface area (Å²) in [5, 5.41) is 9.47. The van der Waals surface area contributed by atoms with Crippen molar-refractivity contribution in [3.8, 4) is 0 Å². The van der Waals surface area contributed by atoms with Crippen LogP contribution in [0.25, 0.3) is 0 Å². The van der Waals surface area contributed by atoms with Crippen molar-refractivity contribution < 1.29 is 14.3 Å². The van der Waals surface area contributed by atoms with Crippen LogP contribution in [0.4, 0.5) is 4.79 Å². The molecule has 3 N–H and O–H groups in total. The summed E-state index contributed by atoms with van der Waals surface area (Å²) in [4.78, 5) is 24.2. The van der Waals surface area contributed by atoms with Crippen LogP contribution >= 0.6 is 11.6 Å². The molecular weight excluding hydrogens is 342 g/mol. The van der Waals surface area contributed by atoms with Gasteiger partial charge in [0.25, 0.3) is 0 Å². The van der Waals surface area contributed by atoms with E-state index in [0.717, 1.165) is 5.56 Å². The number of amides is 2. The molecule has 1 aromatic rings. The number of benzene rings is 1. The lowest BCUT2D eigenvalue weighted by atomic mass is 10.00. The zero-order valence-corrected chi connectivity index (χ0v) is 15.4. The molecule has 1 aliphatic heterocycles. The Kier molecular flexibility index (Phi) is 6.84. The summed E-state index contributed by atoms with van der Waals surface area (Å²) in [6, 6.07) is 6.89. The number of hydrogen-bond acceptors (Lipinski definition) is 4. The Morgan fingerprint density at radius 2 is 2.16 bits per heavy atom. The van der Waals surface area contributed by atoms with Gasteiger partial charge in [-0.15, -0.1) is 0 Å². The number of rotatable bonds is 7. The van der Waals surface area contributed by atoms with Gasteiger partial charge in [-0.25, -0.2) is 9.59 Å². The fourth-order valence-electron chi connectivity index (χ4n) is 2.75. The van der Waals surface area contributed by atoms with Crippen LogP contribution in [-0.4, -0.2) is 31.2 Å². The second-order valence-electron chi connectivity index (χ2n) is 5.83. The zero-order valence-electron chi connectivity index (χ0n) is 14.7. The highest BCUT2D eigenvalue weighted by molar-refractivity contribution is 6.30. The van der Waals surface area contributed by atoms with Crippen molar-refractivity contribution in [2.24, 2.45) is 0 Å². The molecule has 1 aliphatic rings. The lowest BCUT2D eigenvalue weighted by Gasteiger charge is -2.29. The van der Waals surface area contributed by atoms with Crippen molar-refractivity contribution in [2.45, 2.75) is 39.3 Å². The van der Waals surface area contributed by atoms with Gasteiger partial charge in [0.2, 0.25) is 0 Å². The highest BCUT2D eigenvalue weighted by Gasteiger charge is 2.31. The number of carbonyl (C=O) groups excluding carboxylic acids is 2. The lowest BCUT2D eigenvalue weighted by molar-refractivity contribution is -0.139. The van der Waals surface area contributed by atoms with Crippen molar-refractivity contribution in [3.05, 3.63) is 46.1 Å². The Bertz CT molecular complexity index is 675. The molecule has 25 heavy (non-hydrogen) atoms. The highest BCUT2D eigenvalue weighted by Crippen LogP contribution is 2.20. The van der Waals surface area contributed by atoms with Crippen molar-refractivity contribution in [3.63, 3.8) is 0 Å². The van der Waals surface area contributed by atoms with Gasteiger partial charge in [0.1, 0.15) is 0 Å². The molecule has 0 fully saturated rings. The smallest absolute Gasteiger partial charge is 0.337 e. The third kappa shape index (κ3) is 4.96. The van der Waals surface area contributed by atoms with Crippen LogP contribution in [0.15, 0.2) is 35.5 Å². The molecule has 0 saturated heterocycles. The second-order valence-corrected chi connectivity index (χ2v) is 6.27. The highest BCUT2D eigenvalue weighted by atomic mass is 35.5. The summed E-state index contributed by atoms with van der Waals surface area (Å²) >= 11 is 6.03. The molecule has 0 aliphatic carbocycles. The van der Waals surface area contributed by atoms with E-state index in [1.807, 2.05) is 38.1 Å². The van der Waals surface area contributed by atoms with Gasteiger partial charge < -0.3 is 20.7 Å². The van der Waals surface area contributed by atoms with Crippen LogP contribution in [0, 0.1) is 0 Å². The van der Waals surface area contributed by atoms with Crippen molar-refractivity contribution in [2.75, 3.05) is 13.2 Å². The van der Waals surface area contributed by atoms with Gasteiger partial charge in [-0.3, -0.25) is 0 Å². The van der Waals surface area contributed by atoms with E-state index in [0.29, 0.717) is 29.3 Å². The van der Waals surface area contributed by atoms with Gasteiger partial charge in [0, 0.05) is 23.3 Å². The molecule has 0 radical (unpaired) electrons. The van der Waals surface area contributed by atoms with Crippen LogP contribution in [0.1, 0.15) is 38.8 Å². The molecule has 0 saturated carbocycles. The molecule has 6 nitrogen and oxygen atoms in total. The Hall–Kier alpha value is -2.05. The molecule has 0 unspecified atom stereocenters. The third-order valence-electron chi connectivity index (χ3n) is 4.08. The van der Waals surface area contributed by atoms with E-state index < -0.39 is 5.97 Å². The summed E-state index contributed by atoms with van der Waals surface area (Å²) in [6.45, 7) is 6.29. The second kappa shape index (κ2) is 8.87. The van der Waals surface area contributed by atoms with Crippen molar-refractivity contribution in [1.82, 2.24) is 16.0 Å². The third-order valence-corrected chi connectivity index (χ3v) is 4.32. The number of ether oxygens (including phenoxy) is 1. The Balaban J connectivity index is 2.19. The van der Waals surface area contributed by atoms with Crippen LogP contribution in [0.5, 0.6) is 0 Å². The summed E-state index contributed by atoms with van der Waals surface area (Å²) in [7, 11) is 0. The maximum Gasteiger partial charge on any atom is 0.337 e. The van der Waals surface area contributed by atoms with Crippen molar-refractivity contribution in [1.29, 1.82) is 0 Å². The van der Waals surface area contributed by atoms with Crippen LogP contribution in [-0.2, 0) is 9.53 Å². The first-order valence-corrected chi connectivity index (χ1v) is 8.80. The van der Waals surface area contributed by atoms with E-state index in [-0.39, 0.29) is 24.7 Å². The van der Waals surface area contributed by atoms with Crippen LogP contribution in [0.2, 0.25) is 5.02 Å². The normalized spacial score (nSPS) is 18.4. The lowest BCUT2D eigenvalue weighted by Crippen LogP contribution is -2.51. The van der Waals surface area contributed by atoms with Gasteiger partial charge in [-0.2, -0.15) is 0 Å². The average molecular weight is 366 g/mol. The molecule has 0 aromatic heterocycles. The number of hydrogen-bond donors (Lipinski definition) is 3. The molecule has 2 amide bonds. The SMILES string of the molecule is CCOC(=O)C1=C(CN[C@H](C)c2cccc(Cl)c2)NC(=O)N[C@H]1CC. The number of nitrogens with one attached hydrogen (secondary N) is 3. The molecule has 1 aromatic carbocycles. The van der Waals surface area contributed by atoms with E-state index in [4.69, 9.17) is 16.3 Å². The number of halogens is 1. The standard InChI is InChI=1S/C18H24ClN3O3/c1-4-14-16(17(23)25-5-2)15(22-18(24)21-14)10-20-11(3)12-7-6-8-13(19)9-12/h6-9,11,14,20H,4-5,10H2,1-3H3,(H2,21,22,24)/t11-,14+/m1/s1. The average Bonchev–Trinajstić information content (AvgIpc) is 2.59. The monoisotopic (exact) mass is 365 g/mol. The number of esters is 1. The largest absolute Gasteiger partial charge is 0.463 e. The zero-order chi connectivity index (χ0) is 18.4. The molecule has 2 atom stereocenters. The van der Waals surface area contributed by atoms with Gasteiger partial charge >= 0.3 is 12.0 Å². The Morgan fingerprint density at radius 1 is 1.40 bits per heavy atom. The van der Waals surface area contributed by atoms with Crippen LogP contribution < -0.4 is 16.0 Å². The van der Waals surface area contributed by atoms with Gasteiger partial charge in [-0.05, 0) is 38.0 Å². The maximum absolute atomic E-state index is 12.3. The Morgan fingerprint density at radius 3 is 2.80 bits per heavy atom. The predicted octanol–water partition coefficient (Wildman–Crippen LogP) is 2.90. The van der Waals surface area contributed by atoms with Gasteiger partial charge in [-0.1, -0.05) is 30.7 Å². The quantitative estimate of drug-likeness (QED) is 0.649. The van der Waals surface area contributed by atoms with E-state index >= 15 is 0 Å². The Labute approximate surface area is 153 Å². The topological polar surface area (TPSA) is 79.5 Å². The predicted molar refractivity (Wildman–Crippen MR) is 97.3 cm³/mol. The van der Waals surface area contributed by atoms with E-state index in [1.165, 1.54) is 0 Å². The molecule has 2 rings (SSSR count). The summed E-state index contributed by atoms with van der Waals surface area (Å²) in [6.07, 6.45) is 0.606. The maximum atomic E-state index is 12.3.